The van der Waals surface area contributed by atoms with Crippen LogP contribution in [0.1, 0.15) is 27.3 Å². The van der Waals surface area contributed by atoms with Crippen LogP contribution in [-0.2, 0) is 7.05 Å². The average Bonchev–Trinajstić information content (AvgIpc) is 2.79. The summed E-state index contributed by atoms with van der Waals surface area (Å²) in [6, 6.07) is 8.36. The molecule has 4 nitrogen and oxygen atoms in total. The highest BCUT2D eigenvalue weighted by atomic mass is 19.4. The summed E-state index contributed by atoms with van der Waals surface area (Å²) in [5.74, 6) is -0.754. The van der Waals surface area contributed by atoms with E-state index in [1.807, 2.05) is 13.0 Å². The molecule has 0 saturated heterocycles. The Kier molecular flexibility index (Phi) is 4.79. The van der Waals surface area contributed by atoms with Gasteiger partial charge >= 0.3 is 6.36 Å². The van der Waals surface area contributed by atoms with Gasteiger partial charge in [-0.25, -0.2) is 0 Å². The van der Waals surface area contributed by atoms with Gasteiger partial charge in [0.15, 0.2) is 5.78 Å². The van der Waals surface area contributed by atoms with Gasteiger partial charge in [-0.1, -0.05) is 0 Å². The van der Waals surface area contributed by atoms with Crippen LogP contribution in [0, 0.1) is 18.3 Å². The lowest BCUT2D eigenvalue weighted by Crippen LogP contribution is -2.17. The Balaban J connectivity index is 2.14. The highest BCUT2D eigenvalue weighted by molar-refractivity contribution is 6.06. The normalized spacial score (nSPS) is 11.5. The fraction of sp³-hybridized carbons (Fsp3) is 0.176. The first kappa shape index (κ1) is 17.3. The molecule has 1 aromatic heterocycles. The average molecular weight is 334 g/mol. The SMILES string of the molecule is Cc1c(/C=C/C(=O)c2ccc(OC(F)(F)F)cc2)cc(C#N)n1C. The third-order valence-corrected chi connectivity index (χ3v) is 3.48. The molecule has 0 saturated carbocycles. The number of carbonyl (C=O) groups is 1. The number of alkyl halides is 3. The lowest BCUT2D eigenvalue weighted by atomic mass is 10.1. The summed E-state index contributed by atoms with van der Waals surface area (Å²) in [6.45, 7) is 1.81. The van der Waals surface area contributed by atoms with E-state index in [9.17, 15) is 18.0 Å². The summed E-state index contributed by atoms with van der Waals surface area (Å²) < 4.78 is 41.7. The fourth-order valence-electron chi connectivity index (χ4n) is 2.08. The van der Waals surface area contributed by atoms with Crippen molar-refractivity contribution in [2.45, 2.75) is 13.3 Å². The van der Waals surface area contributed by atoms with Gasteiger partial charge in [0, 0.05) is 18.3 Å². The molecule has 1 aromatic carbocycles. The molecule has 0 amide bonds. The van der Waals surface area contributed by atoms with Gasteiger partial charge in [0.2, 0.25) is 0 Å². The zero-order chi connectivity index (χ0) is 17.9. The quantitative estimate of drug-likeness (QED) is 0.627. The third-order valence-electron chi connectivity index (χ3n) is 3.48. The molecule has 1 heterocycles. The van der Waals surface area contributed by atoms with Crippen LogP contribution in [0.25, 0.3) is 6.08 Å². The number of allylic oxidation sites excluding steroid dienone is 1. The van der Waals surface area contributed by atoms with Gasteiger partial charge in [0.1, 0.15) is 17.5 Å². The van der Waals surface area contributed by atoms with E-state index in [0.29, 0.717) is 5.69 Å². The van der Waals surface area contributed by atoms with Crippen molar-refractivity contribution in [2.24, 2.45) is 7.05 Å². The smallest absolute Gasteiger partial charge is 0.406 e. The molecule has 0 atom stereocenters. The van der Waals surface area contributed by atoms with Gasteiger partial charge in [-0.05, 0) is 55.0 Å². The predicted octanol–water partition coefficient (Wildman–Crippen LogP) is 4.00. The monoisotopic (exact) mass is 334 g/mol. The van der Waals surface area contributed by atoms with Crippen molar-refractivity contribution >= 4 is 11.9 Å². The Morgan fingerprint density at radius 1 is 1.29 bits per heavy atom. The van der Waals surface area contributed by atoms with Crippen LogP contribution in [0.5, 0.6) is 5.75 Å². The first-order valence-electron chi connectivity index (χ1n) is 6.86. The number of ketones is 1. The zero-order valence-electron chi connectivity index (χ0n) is 12.9. The van der Waals surface area contributed by atoms with E-state index in [-0.39, 0.29) is 17.1 Å². The van der Waals surface area contributed by atoms with Crippen LogP contribution in [0.3, 0.4) is 0 Å². The molecular formula is C17H13F3N2O2. The van der Waals surface area contributed by atoms with Crippen LogP contribution < -0.4 is 4.74 Å². The van der Waals surface area contributed by atoms with Gasteiger partial charge in [0.05, 0.1) is 0 Å². The molecule has 124 valence electrons. The van der Waals surface area contributed by atoms with Crippen molar-refractivity contribution < 1.29 is 22.7 Å². The van der Waals surface area contributed by atoms with Crippen molar-refractivity contribution in [3.8, 4) is 11.8 Å². The maximum absolute atomic E-state index is 12.1. The van der Waals surface area contributed by atoms with E-state index in [1.54, 1.807) is 23.8 Å². The van der Waals surface area contributed by atoms with E-state index in [4.69, 9.17) is 5.26 Å². The van der Waals surface area contributed by atoms with E-state index in [0.717, 1.165) is 23.4 Å². The van der Waals surface area contributed by atoms with E-state index < -0.39 is 6.36 Å². The van der Waals surface area contributed by atoms with E-state index in [2.05, 4.69) is 4.74 Å². The number of benzene rings is 1. The lowest BCUT2D eigenvalue weighted by molar-refractivity contribution is -0.274. The molecule has 0 aliphatic heterocycles. The number of carbonyl (C=O) groups excluding carboxylic acids is 1. The Hall–Kier alpha value is -3.01. The molecule has 0 unspecified atom stereocenters. The van der Waals surface area contributed by atoms with Gasteiger partial charge in [0.25, 0.3) is 0 Å². The number of rotatable bonds is 4. The Morgan fingerprint density at radius 2 is 1.92 bits per heavy atom. The summed E-state index contributed by atoms with van der Waals surface area (Å²) in [5, 5.41) is 8.96. The first-order valence-corrected chi connectivity index (χ1v) is 6.86. The van der Waals surface area contributed by atoms with Crippen LogP contribution >= 0.6 is 0 Å². The van der Waals surface area contributed by atoms with Crippen LogP contribution in [0.4, 0.5) is 13.2 Å². The molecule has 0 aliphatic carbocycles. The van der Waals surface area contributed by atoms with Crippen LogP contribution in [-0.4, -0.2) is 16.7 Å². The second-order valence-electron chi connectivity index (χ2n) is 5.01. The number of ether oxygens (including phenoxy) is 1. The summed E-state index contributed by atoms with van der Waals surface area (Å²) in [5.41, 5.74) is 2.24. The molecule has 2 rings (SSSR count). The summed E-state index contributed by atoms with van der Waals surface area (Å²) >= 11 is 0. The van der Waals surface area contributed by atoms with Crippen molar-refractivity contribution in [3.63, 3.8) is 0 Å². The Morgan fingerprint density at radius 3 is 2.42 bits per heavy atom. The summed E-state index contributed by atoms with van der Waals surface area (Å²) in [4.78, 5) is 12.1. The maximum Gasteiger partial charge on any atom is 0.573 e. The van der Waals surface area contributed by atoms with Gasteiger partial charge in [-0.2, -0.15) is 5.26 Å². The van der Waals surface area contributed by atoms with Crippen LogP contribution in [0.2, 0.25) is 0 Å². The van der Waals surface area contributed by atoms with E-state index in [1.165, 1.54) is 18.2 Å². The standard InChI is InChI=1S/C17H13F3N2O2/c1-11-13(9-14(10-21)22(11)2)5-8-16(23)12-3-6-15(7-4-12)24-17(18,19)20/h3-9H,1-2H3/b8-5+. The number of nitrogens with zero attached hydrogens (tertiary/aromatic N) is 2. The second kappa shape index (κ2) is 6.62. The molecule has 2 aromatic rings. The Bertz CT molecular complexity index is 825. The fourth-order valence-corrected chi connectivity index (χ4v) is 2.08. The number of hydrogen-bond donors (Lipinski definition) is 0. The second-order valence-corrected chi connectivity index (χ2v) is 5.01. The minimum absolute atomic E-state index is 0.231. The largest absolute Gasteiger partial charge is 0.573 e. The molecule has 0 aliphatic rings. The number of hydrogen-bond acceptors (Lipinski definition) is 3. The molecule has 0 N–H and O–H groups in total. The molecule has 0 fully saturated rings. The number of halogens is 3. The Labute approximate surface area is 136 Å². The van der Waals surface area contributed by atoms with E-state index >= 15 is 0 Å². The predicted molar refractivity (Wildman–Crippen MR) is 81.4 cm³/mol. The van der Waals surface area contributed by atoms with Gasteiger partial charge in [-0.3, -0.25) is 4.79 Å². The minimum Gasteiger partial charge on any atom is -0.406 e. The number of aromatic nitrogens is 1. The number of nitriles is 1. The van der Waals surface area contributed by atoms with Crippen molar-refractivity contribution in [3.05, 3.63) is 58.9 Å². The van der Waals surface area contributed by atoms with Crippen molar-refractivity contribution in [2.75, 3.05) is 0 Å². The van der Waals surface area contributed by atoms with Gasteiger partial charge < -0.3 is 9.30 Å². The highest BCUT2D eigenvalue weighted by Crippen LogP contribution is 2.23. The molecular weight excluding hydrogens is 321 g/mol. The molecule has 24 heavy (non-hydrogen) atoms. The van der Waals surface area contributed by atoms with Gasteiger partial charge in [-0.15, -0.1) is 13.2 Å². The zero-order valence-corrected chi connectivity index (χ0v) is 12.9. The van der Waals surface area contributed by atoms with Crippen LogP contribution in [0.15, 0.2) is 36.4 Å². The molecule has 0 spiro atoms. The summed E-state index contributed by atoms with van der Waals surface area (Å²) in [6.07, 6.45) is -1.89. The summed E-state index contributed by atoms with van der Waals surface area (Å²) in [7, 11) is 1.74. The molecule has 7 heteroatoms. The lowest BCUT2D eigenvalue weighted by Gasteiger charge is -2.08. The maximum atomic E-state index is 12.1. The topological polar surface area (TPSA) is 55.0 Å². The van der Waals surface area contributed by atoms with Crippen molar-refractivity contribution in [1.29, 1.82) is 5.26 Å². The highest BCUT2D eigenvalue weighted by Gasteiger charge is 2.31. The minimum atomic E-state index is -4.77. The first-order chi connectivity index (χ1) is 11.2. The molecule has 0 bridgehead atoms. The molecule has 0 radical (unpaired) electrons. The van der Waals surface area contributed by atoms with Crippen molar-refractivity contribution in [1.82, 2.24) is 4.57 Å². The third kappa shape index (κ3) is 4.04.